The number of ketones is 1. The van der Waals surface area contributed by atoms with Crippen molar-refractivity contribution in [2.24, 2.45) is 5.92 Å². The molecule has 3 nitrogen and oxygen atoms in total. The van der Waals surface area contributed by atoms with Gasteiger partial charge in [0.1, 0.15) is 5.92 Å². The Balaban J connectivity index is 3.02. The first-order valence-electron chi connectivity index (χ1n) is 10.1. The molecule has 0 N–H and O–H groups in total. The summed E-state index contributed by atoms with van der Waals surface area (Å²) in [6, 6.07) is 1.94. The van der Waals surface area contributed by atoms with E-state index in [9.17, 15) is 9.59 Å². The maximum atomic E-state index is 13.2. The second-order valence-corrected chi connectivity index (χ2v) is 7.40. The van der Waals surface area contributed by atoms with Gasteiger partial charge in [0, 0.05) is 5.56 Å². The van der Waals surface area contributed by atoms with Gasteiger partial charge in [0.05, 0.1) is 6.61 Å². The van der Waals surface area contributed by atoms with Gasteiger partial charge in [-0.25, -0.2) is 0 Å². The van der Waals surface area contributed by atoms with Crippen molar-refractivity contribution in [3.63, 3.8) is 0 Å². The average molecular weight is 361 g/mol. The summed E-state index contributed by atoms with van der Waals surface area (Å²) in [5.41, 5.74) is 5.11. The van der Waals surface area contributed by atoms with Crippen molar-refractivity contribution >= 4 is 11.8 Å². The van der Waals surface area contributed by atoms with Crippen LogP contribution >= 0.6 is 0 Å². The number of esters is 1. The van der Waals surface area contributed by atoms with E-state index in [1.165, 1.54) is 5.56 Å². The lowest BCUT2D eigenvalue weighted by atomic mass is 9.86. The number of benzene rings is 1. The van der Waals surface area contributed by atoms with Gasteiger partial charge < -0.3 is 4.74 Å². The molecule has 0 amide bonds. The van der Waals surface area contributed by atoms with E-state index in [-0.39, 0.29) is 11.8 Å². The fourth-order valence-corrected chi connectivity index (χ4v) is 3.24. The van der Waals surface area contributed by atoms with Crippen LogP contribution in [0.2, 0.25) is 0 Å². The summed E-state index contributed by atoms with van der Waals surface area (Å²) >= 11 is 0. The average Bonchev–Trinajstić information content (AvgIpc) is 2.63. The van der Waals surface area contributed by atoms with E-state index in [0.717, 1.165) is 55.2 Å². The highest BCUT2D eigenvalue weighted by Crippen LogP contribution is 2.26. The third-order valence-electron chi connectivity index (χ3n) is 5.44. The Morgan fingerprint density at radius 3 is 2.12 bits per heavy atom. The number of carbonyl (C=O) groups excluding carboxylic acids is 2. The fraction of sp³-hybridized carbons (Fsp3) is 0.652. The molecule has 26 heavy (non-hydrogen) atoms. The molecule has 0 aromatic heterocycles. The molecule has 1 unspecified atom stereocenters. The minimum absolute atomic E-state index is 0.0784. The SMILES string of the molecule is CCCCCOC(=O)C(CCCCC)C(=O)c1cc(C)c(C)c(C)c1C. The Morgan fingerprint density at radius 1 is 0.885 bits per heavy atom. The predicted octanol–water partition coefficient (Wildman–Crippen LogP) is 6.03. The second kappa shape index (κ2) is 11.2. The number of hydrogen-bond donors (Lipinski definition) is 0. The van der Waals surface area contributed by atoms with Crippen LogP contribution in [0.25, 0.3) is 0 Å². The molecule has 0 fully saturated rings. The van der Waals surface area contributed by atoms with Crippen molar-refractivity contribution in [1.29, 1.82) is 0 Å². The molecule has 0 heterocycles. The molecule has 0 saturated carbocycles. The lowest BCUT2D eigenvalue weighted by Crippen LogP contribution is -2.27. The maximum absolute atomic E-state index is 13.2. The van der Waals surface area contributed by atoms with E-state index in [1.54, 1.807) is 0 Å². The van der Waals surface area contributed by atoms with Crippen LogP contribution in [0.4, 0.5) is 0 Å². The van der Waals surface area contributed by atoms with E-state index in [1.807, 2.05) is 26.8 Å². The molecule has 1 aromatic rings. The molecule has 0 aliphatic rings. The lowest BCUT2D eigenvalue weighted by Gasteiger charge is -2.19. The van der Waals surface area contributed by atoms with Gasteiger partial charge in [-0.2, -0.15) is 0 Å². The number of unbranched alkanes of at least 4 members (excludes halogenated alkanes) is 4. The van der Waals surface area contributed by atoms with Crippen LogP contribution in [0.1, 0.15) is 91.4 Å². The van der Waals surface area contributed by atoms with Gasteiger partial charge in [0.15, 0.2) is 5.78 Å². The van der Waals surface area contributed by atoms with Crippen molar-refractivity contribution < 1.29 is 14.3 Å². The van der Waals surface area contributed by atoms with Gasteiger partial charge in [0.2, 0.25) is 0 Å². The summed E-state index contributed by atoms with van der Waals surface area (Å²) in [4.78, 5) is 25.8. The van der Waals surface area contributed by atoms with Crippen molar-refractivity contribution in [2.75, 3.05) is 6.61 Å². The number of rotatable bonds is 11. The van der Waals surface area contributed by atoms with Crippen LogP contribution in [0.15, 0.2) is 6.07 Å². The quantitative estimate of drug-likeness (QED) is 0.209. The van der Waals surface area contributed by atoms with Crippen molar-refractivity contribution in [3.8, 4) is 0 Å². The van der Waals surface area contributed by atoms with E-state index in [4.69, 9.17) is 4.74 Å². The maximum Gasteiger partial charge on any atom is 0.316 e. The van der Waals surface area contributed by atoms with Crippen molar-refractivity contribution in [3.05, 3.63) is 33.9 Å². The monoisotopic (exact) mass is 360 g/mol. The summed E-state index contributed by atoms with van der Waals surface area (Å²) in [6.07, 6.45) is 6.52. The third kappa shape index (κ3) is 5.96. The van der Waals surface area contributed by atoms with Gasteiger partial charge in [0.25, 0.3) is 0 Å². The Bertz CT molecular complexity index is 616. The summed E-state index contributed by atoms with van der Waals surface area (Å²) in [5.74, 6) is -1.11. The summed E-state index contributed by atoms with van der Waals surface area (Å²) in [6.45, 7) is 12.8. The molecule has 1 aromatic carbocycles. The number of Topliss-reactive ketones (excluding diaryl/α,β-unsaturated/α-hetero) is 1. The fourth-order valence-electron chi connectivity index (χ4n) is 3.24. The van der Waals surface area contributed by atoms with Gasteiger partial charge in [-0.05, 0) is 68.9 Å². The number of ether oxygens (including phenoxy) is 1. The molecule has 1 rings (SSSR count). The first-order chi connectivity index (χ1) is 12.3. The lowest BCUT2D eigenvalue weighted by molar-refractivity contribution is -0.147. The molecular formula is C23H36O3. The number of hydrogen-bond acceptors (Lipinski definition) is 3. The Morgan fingerprint density at radius 2 is 1.50 bits per heavy atom. The smallest absolute Gasteiger partial charge is 0.316 e. The topological polar surface area (TPSA) is 43.4 Å². The van der Waals surface area contributed by atoms with Crippen LogP contribution in [0.5, 0.6) is 0 Å². The largest absolute Gasteiger partial charge is 0.465 e. The Labute approximate surface area is 159 Å². The molecular weight excluding hydrogens is 324 g/mol. The predicted molar refractivity (Wildman–Crippen MR) is 108 cm³/mol. The normalized spacial score (nSPS) is 12.1. The van der Waals surface area contributed by atoms with Crippen molar-refractivity contribution in [1.82, 2.24) is 0 Å². The summed E-state index contributed by atoms with van der Waals surface area (Å²) in [5, 5.41) is 0. The van der Waals surface area contributed by atoms with Crippen LogP contribution in [0, 0.1) is 33.6 Å². The molecule has 0 aliphatic carbocycles. The van der Waals surface area contributed by atoms with Crippen LogP contribution in [-0.2, 0) is 9.53 Å². The minimum atomic E-state index is -0.677. The van der Waals surface area contributed by atoms with Gasteiger partial charge >= 0.3 is 5.97 Å². The van der Waals surface area contributed by atoms with E-state index < -0.39 is 5.92 Å². The highest BCUT2D eigenvalue weighted by atomic mass is 16.5. The van der Waals surface area contributed by atoms with Crippen LogP contribution in [0.3, 0.4) is 0 Å². The first kappa shape index (κ1) is 22.4. The van der Waals surface area contributed by atoms with Crippen molar-refractivity contribution in [2.45, 2.75) is 86.5 Å². The Hall–Kier alpha value is -1.64. The van der Waals surface area contributed by atoms with Crippen LogP contribution in [-0.4, -0.2) is 18.4 Å². The third-order valence-corrected chi connectivity index (χ3v) is 5.44. The zero-order valence-corrected chi connectivity index (χ0v) is 17.5. The zero-order chi connectivity index (χ0) is 19.7. The van der Waals surface area contributed by atoms with E-state index >= 15 is 0 Å². The molecule has 0 radical (unpaired) electrons. The van der Waals surface area contributed by atoms with Gasteiger partial charge in [-0.1, -0.05) is 46.0 Å². The second-order valence-electron chi connectivity index (χ2n) is 7.40. The standard InChI is InChI=1S/C23H36O3/c1-7-9-11-13-20(23(25)26-14-12-10-8-2)22(24)21-15-16(3)17(4)18(5)19(21)6/h15,20H,7-14H2,1-6H3. The molecule has 0 spiro atoms. The molecule has 0 saturated heterocycles. The zero-order valence-electron chi connectivity index (χ0n) is 17.5. The van der Waals surface area contributed by atoms with E-state index in [2.05, 4.69) is 20.8 Å². The highest BCUT2D eigenvalue weighted by molar-refractivity contribution is 6.09. The van der Waals surface area contributed by atoms with Gasteiger partial charge in [-0.3, -0.25) is 9.59 Å². The molecule has 0 bridgehead atoms. The van der Waals surface area contributed by atoms with Crippen LogP contribution < -0.4 is 0 Å². The first-order valence-corrected chi connectivity index (χ1v) is 10.1. The van der Waals surface area contributed by atoms with E-state index in [0.29, 0.717) is 18.6 Å². The molecule has 0 aliphatic heterocycles. The van der Waals surface area contributed by atoms with Gasteiger partial charge in [-0.15, -0.1) is 0 Å². The molecule has 1 atom stereocenters. The Kier molecular flexibility index (Phi) is 9.61. The number of carbonyl (C=O) groups is 2. The number of aryl methyl sites for hydroxylation is 1. The highest BCUT2D eigenvalue weighted by Gasteiger charge is 2.30. The minimum Gasteiger partial charge on any atom is -0.465 e. The summed E-state index contributed by atoms with van der Waals surface area (Å²) < 4.78 is 5.44. The molecule has 3 heteroatoms. The molecule has 146 valence electrons. The summed E-state index contributed by atoms with van der Waals surface area (Å²) in [7, 11) is 0.